The highest BCUT2D eigenvalue weighted by Crippen LogP contribution is 2.26. The molecule has 3 rings (SSSR count). The zero-order valence-corrected chi connectivity index (χ0v) is 17.0. The van der Waals surface area contributed by atoms with Gasteiger partial charge in [-0.15, -0.1) is 0 Å². The fourth-order valence-corrected chi connectivity index (χ4v) is 4.66. The van der Waals surface area contributed by atoms with E-state index in [4.69, 9.17) is 4.74 Å². The van der Waals surface area contributed by atoms with Crippen molar-refractivity contribution in [1.29, 1.82) is 0 Å². The summed E-state index contributed by atoms with van der Waals surface area (Å²) in [5.41, 5.74) is 1.14. The highest BCUT2D eigenvalue weighted by Gasteiger charge is 2.25. The predicted molar refractivity (Wildman–Crippen MR) is 108 cm³/mol. The van der Waals surface area contributed by atoms with Crippen LogP contribution in [0.4, 0.5) is 0 Å². The molecule has 0 radical (unpaired) electrons. The maximum absolute atomic E-state index is 12.9. The number of sulfonamides is 1. The molecule has 1 atom stereocenters. The highest BCUT2D eigenvalue weighted by molar-refractivity contribution is 7.89. The number of likely N-dealkylation sites (tertiary alicyclic amines) is 1. The first-order valence-electron chi connectivity index (χ1n) is 9.47. The number of carbonyl (C=O) groups is 1. The van der Waals surface area contributed by atoms with Gasteiger partial charge in [0.15, 0.2) is 0 Å². The van der Waals surface area contributed by atoms with E-state index < -0.39 is 16.1 Å². The van der Waals surface area contributed by atoms with Crippen LogP contribution in [-0.4, -0.2) is 39.4 Å². The van der Waals surface area contributed by atoms with Crippen molar-refractivity contribution < 1.29 is 17.9 Å². The van der Waals surface area contributed by atoms with Gasteiger partial charge in [0, 0.05) is 19.1 Å². The Morgan fingerprint density at radius 2 is 1.75 bits per heavy atom. The maximum atomic E-state index is 12.9. The summed E-state index contributed by atoms with van der Waals surface area (Å²) in [7, 11) is -2.32. The molecule has 7 heteroatoms. The molecule has 2 aromatic carbocycles. The third-order valence-electron chi connectivity index (χ3n) is 4.99. The molecule has 1 amide bonds. The van der Waals surface area contributed by atoms with Crippen molar-refractivity contribution in [3.63, 3.8) is 0 Å². The summed E-state index contributed by atoms with van der Waals surface area (Å²) < 4.78 is 33.8. The molecular weight excluding hydrogens is 376 g/mol. The van der Waals surface area contributed by atoms with Crippen LogP contribution in [-0.2, 0) is 10.0 Å². The number of rotatable bonds is 6. The van der Waals surface area contributed by atoms with Crippen molar-refractivity contribution in [2.24, 2.45) is 0 Å². The first-order chi connectivity index (χ1) is 13.4. The highest BCUT2D eigenvalue weighted by atomic mass is 32.2. The Morgan fingerprint density at radius 3 is 2.39 bits per heavy atom. The summed E-state index contributed by atoms with van der Waals surface area (Å²) in [6, 6.07) is 13.4. The number of benzene rings is 2. The maximum Gasteiger partial charge on any atom is 0.257 e. The zero-order chi connectivity index (χ0) is 20.1. The van der Waals surface area contributed by atoms with Crippen LogP contribution >= 0.6 is 0 Å². The van der Waals surface area contributed by atoms with Gasteiger partial charge >= 0.3 is 0 Å². The number of hydrogen-bond acceptors (Lipinski definition) is 4. The molecule has 28 heavy (non-hydrogen) atoms. The Bertz CT molecular complexity index is 923. The number of nitrogens with zero attached hydrogens (tertiary/aromatic N) is 1. The second-order valence-corrected chi connectivity index (χ2v) is 8.68. The molecule has 1 aliphatic rings. The molecule has 0 aliphatic carbocycles. The van der Waals surface area contributed by atoms with Crippen molar-refractivity contribution >= 4 is 15.9 Å². The van der Waals surface area contributed by atoms with E-state index in [0.717, 1.165) is 24.8 Å². The van der Waals surface area contributed by atoms with Gasteiger partial charge in [-0.2, -0.15) is 0 Å². The van der Waals surface area contributed by atoms with E-state index in [0.29, 0.717) is 18.8 Å². The van der Waals surface area contributed by atoms with Crippen LogP contribution in [0.3, 0.4) is 0 Å². The quantitative estimate of drug-likeness (QED) is 0.804. The molecule has 1 heterocycles. The van der Waals surface area contributed by atoms with Gasteiger partial charge in [0.05, 0.1) is 17.6 Å². The smallest absolute Gasteiger partial charge is 0.257 e. The van der Waals surface area contributed by atoms with Crippen LogP contribution in [0.1, 0.15) is 48.1 Å². The summed E-state index contributed by atoms with van der Waals surface area (Å²) in [5, 5.41) is 0. The summed E-state index contributed by atoms with van der Waals surface area (Å²) in [6.45, 7) is 3.15. The third kappa shape index (κ3) is 4.54. The van der Waals surface area contributed by atoms with E-state index in [2.05, 4.69) is 4.72 Å². The lowest BCUT2D eigenvalue weighted by atomic mass is 10.1. The predicted octanol–water partition coefficient (Wildman–Crippen LogP) is 3.36. The number of carbonyl (C=O) groups excluding carboxylic acids is 1. The number of nitrogens with one attached hydrogen (secondary N) is 1. The molecular formula is C21H26N2O4S. The molecule has 6 nitrogen and oxygen atoms in total. The SMILES string of the molecule is COc1ccc(S(=O)(=O)N[C@@H](C)c2ccccc2)cc1C(=O)N1CCCCC1. The van der Waals surface area contributed by atoms with Crippen molar-refractivity contribution in [2.45, 2.75) is 37.1 Å². The molecule has 1 aliphatic heterocycles. The van der Waals surface area contributed by atoms with Gasteiger partial charge in [0.25, 0.3) is 5.91 Å². The monoisotopic (exact) mass is 402 g/mol. The Balaban J connectivity index is 1.88. The largest absolute Gasteiger partial charge is 0.496 e. The minimum absolute atomic E-state index is 0.0523. The lowest BCUT2D eigenvalue weighted by Crippen LogP contribution is -2.36. The van der Waals surface area contributed by atoms with Gasteiger partial charge in [-0.3, -0.25) is 4.79 Å². The van der Waals surface area contributed by atoms with E-state index in [1.54, 1.807) is 17.9 Å². The lowest BCUT2D eigenvalue weighted by Gasteiger charge is -2.27. The van der Waals surface area contributed by atoms with Crippen LogP contribution in [0.15, 0.2) is 53.4 Å². The van der Waals surface area contributed by atoms with E-state index in [1.807, 2.05) is 30.3 Å². The standard InChI is InChI=1S/C21H26N2O4S/c1-16(17-9-5-3-6-10-17)22-28(25,26)18-11-12-20(27-2)19(15-18)21(24)23-13-7-4-8-14-23/h3,5-6,9-12,15-16,22H,4,7-8,13-14H2,1-2H3/t16-/m0/s1. The van der Waals surface area contributed by atoms with Crippen molar-refractivity contribution in [2.75, 3.05) is 20.2 Å². The van der Waals surface area contributed by atoms with Crippen LogP contribution in [0.25, 0.3) is 0 Å². The fourth-order valence-electron chi connectivity index (χ4n) is 3.40. The molecule has 0 spiro atoms. The van der Waals surface area contributed by atoms with Gasteiger partial charge < -0.3 is 9.64 Å². The summed E-state index contributed by atoms with van der Waals surface area (Å²) >= 11 is 0. The van der Waals surface area contributed by atoms with Crippen LogP contribution in [0.5, 0.6) is 5.75 Å². The Morgan fingerprint density at radius 1 is 1.07 bits per heavy atom. The van der Waals surface area contributed by atoms with Crippen molar-refractivity contribution in [3.8, 4) is 5.75 Å². The number of methoxy groups -OCH3 is 1. The van der Waals surface area contributed by atoms with Crippen LogP contribution in [0, 0.1) is 0 Å². The van der Waals surface area contributed by atoms with Gasteiger partial charge in [0.2, 0.25) is 10.0 Å². The average molecular weight is 403 g/mol. The number of hydrogen-bond donors (Lipinski definition) is 1. The fraction of sp³-hybridized carbons (Fsp3) is 0.381. The molecule has 0 unspecified atom stereocenters. The van der Waals surface area contributed by atoms with Crippen molar-refractivity contribution in [1.82, 2.24) is 9.62 Å². The Hall–Kier alpha value is -2.38. The minimum Gasteiger partial charge on any atom is -0.496 e. The van der Waals surface area contributed by atoms with Crippen LogP contribution in [0.2, 0.25) is 0 Å². The van der Waals surface area contributed by atoms with Gasteiger partial charge in [-0.05, 0) is 49.9 Å². The molecule has 150 valence electrons. The van der Waals surface area contributed by atoms with Gasteiger partial charge in [-0.1, -0.05) is 30.3 Å². The second kappa shape index (κ2) is 8.75. The topological polar surface area (TPSA) is 75.7 Å². The zero-order valence-electron chi connectivity index (χ0n) is 16.2. The van der Waals surface area contributed by atoms with E-state index in [-0.39, 0.29) is 16.4 Å². The summed E-state index contributed by atoms with van der Waals surface area (Å²) in [6.07, 6.45) is 3.03. The number of piperidine rings is 1. The first kappa shape index (κ1) is 20.4. The van der Waals surface area contributed by atoms with Crippen LogP contribution < -0.4 is 9.46 Å². The Kier molecular flexibility index (Phi) is 6.36. The van der Waals surface area contributed by atoms with Gasteiger partial charge in [0.1, 0.15) is 5.75 Å². The Labute approximate surface area is 166 Å². The molecule has 0 bridgehead atoms. The summed E-state index contributed by atoms with van der Waals surface area (Å²) in [5.74, 6) is 0.190. The molecule has 1 N–H and O–H groups in total. The van der Waals surface area contributed by atoms with E-state index in [9.17, 15) is 13.2 Å². The average Bonchev–Trinajstić information content (AvgIpc) is 2.73. The second-order valence-electron chi connectivity index (χ2n) is 6.97. The molecule has 1 saturated heterocycles. The number of amides is 1. The van der Waals surface area contributed by atoms with E-state index in [1.165, 1.54) is 19.2 Å². The first-order valence-corrected chi connectivity index (χ1v) is 11.0. The molecule has 0 saturated carbocycles. The lowest BCUT2D eigenvalue weighted by molar-refractivity contribution is 0.0720. The molecule has 0 aromatic heterocycles. The molecule has 1 fully saturated rings. The third-order valence-corrected chi connectivity index (χ3v) is 6.52. The number of ether oxygens (including phenoxy) is 1. The van der Waals surface area contributed by atoms with Gasteiger partial charge in [-0.25, -0.2) is 13.1 Å². The summed E-state index contributed by atoms with van der Waals surface area (Å²) in [4.78, 5) is 14.7. The normalized spacial score (nSPS) is 15.9. The van der Waals surface area contributed by atoms with E-state index >= 15 is 0 Å². The molecule has 2 aromatic rings. The van der Waals surface area contributed by atoms with Crippen molar-refractivity contribution in [3.05, 3.63) is 59.7 Å². The minimum atomic E-state index is -3.80.